The summed E-state index contributed by atoms with van der Waals surface area (Å²) < 4.78 is 32.2. The largest absolute Gasteiger partial charge is 0.487 e. The lowest BCUT2D eigenvalue weighted by molar-refractivity contribution is -0.117. The van der Waals surface area contributed by atoms with Gasteiger partial charge in [0.1, 0.15) is 11.9 Å². The first-order valence-corrected chi connectivity index (χ1v) is 8.12. The number of hydrogen-bond acceptors (Lipinski definition) is 5. The van der Waals surface area contributed by atoms with Crippen molar-refractivity contribution in [1.82, 2.24) is 4.72 Å². The van der Waals surface area contributed by atoms with Gasteiger partial charge >= 0.3 is 0 Å². The number of nitrogens with two attached hydrogens (primary N) is 1. The van der Waals surface area contributed by atoms with Crippen LogP contribution >= 0.6 is 0 Å². The van der Waals surface area contributed by atoms with Crippen LogP contribution in [0.4, 0.5) is 5.69 Å². The maximum Gasteiger partial charge on any atom is 0.240 e. The molecule has 8 heteroatoms. The highest BCUT2D eigenvalue weighted by Crippen LogP contribution is 2.35. The molecule has 1 unspecified atom stereocenters. The van der Waals surface area contributed by atoms with Gasteiger partial charge in [-0.2, -0.15) is 0 Å². The molecule has 0 spiro atoms. The van der Waals surface area contributed by atoms with Crippen LogP contribution in [0.5, 0.6) is 5.75 Å². The van der Waals surface area contributed by atoms with E-state index in [4.69, 9.17) is 10.5 Å². The van der Waals surface area contributed by atoms with Gasteiger partial charge in [-0.15, -0.1) is 0 Å². The number of amides is 1. The Bertz CT molecular complexity index is 645. The van der Waals surface area contributed by atoms with E-state index >= 15 is 0 Å². The van der Waals surface area contributed by atoms with Gasteiger partial charge < -0.3 is 15.4 Å². The molecule has 0 radical (unpaired) electrons. The molecule has 1 aliphatic heterocycles. The van der Waals surface area contributed by atoms with E-state index in [9.17, 15) is 13.2 Å². The first-order valence-electron chi connectivity index (χ1n) is 6.63. The third-order valence-corrected chi connectivity index (χ3v) is 4.57. The van der Waals surface area contributed by atoms with Gasteiger partial charge in [0.15, 0.2) is 0 Å². The fourth-order valence-electron chi connectivity index (χ4n) is 2.16. The molecule has 1 heterocycles. The number of nitrogens with one attached hydrogen (secondary N) is 1. The maximum absolute atomic E-state index is 12.1. The van der Waals surface area contributed by atoms with Gasteiger partial charge in [-0.3, -0.25) is 4.79 Å². The highest BCUT2D eigenvalue weighted by atomic mass is 32.2. The zero-order valence-electron chi connectivity index (χ0n) is 12.0. The standard InChI is InChI=1S/C13H19N3O4S/c1-9-8-16(10(2)17)12-7-11(3-4-13(12)20-9)21(18,19)15-6-5-14/h3-4,7,9,15H,5-6,8,14H2,1-2H3. The zero-order chi connectivity index (χ0) is 15.6. The molecule has 116 valence electrons. The molecule has 0 aromatic heterocycles. The van der Waals surface area contributed by atoms with Crippen LogP contribution in [0.25, 0.3) is 0 Å². The minimum atomic E-state index is -3.64. The molecule has 0 fully saturated rings. The minimum absolute atomic E-state index is 0.0825. The van der Waals surface area contributed by atoms with Crippen molar-refractivity contribution in [2.24, 2.45) is 5.73 Å². The molecule has 21 heavy (non-hydrogen) atoms. The fraction of sp³-hybridized carbons (Fsp3) is 0.462. The lowest BCUT2D eigenvalue weighted by Crippen LogP contribution is -2.41. The Labute approximate surface area is 124 Å². The van der Waals surface area contributed by atoms with Crippen LogP contribution in [0.1, 0.15) is 13.8 Å². The molecule has 2 rings (SSSR count). The summed E-state index contributed by atoms with van der Waals surface area (Å²) in [5.41, 5.74) is 5.77. The summed E-state index contributed by atoms with van der Waals surface area (Å²) in [5, 5.41) is 0. The maximum atomic E-state index is 12.1. The molecule has 1 aromatic carbocycles. The minimum Gasteiger partial charge on any atom is -0.487 e. The summed E-state index contributed by atoms with van der Waals surface area (Å²) in [6.45, 7) is 4.05. The van der Waals surface area contributed by atoms with Crippen molar-refractivity contribution in [3.05, 3.63) is 18.2 Å². The third kappa shape index (κ3) is 3.34. The number of fused-ring (bicyclic) bond motifs is 1. The third-order valence-electron chi connectivity index (χ3n) is 3.12. The Morgan fingerprint density at radius 2 is 2.24 bits per heavy atom. The number of rotatable bonds is 4. The smallest absolute Gasteiger partial charge is 0.240 e. The molecule has 0 saturated heterocycles. The predicted octanol–water partition coefficient (Wildman–Crippen LogP) is 0.0574. The van der Waals surface area contributed by atoms with Crippen LogP contribution in [0, 0.1) is 0 Å². The van der Waals surface area contributed by atoms with Gasteiger partial charge in [-0.05, 0) is 25.1 Å². The number of ether oxygens (including phenoxy) is 1. The molecule has 1 amide bonds. The average Bonchev–Trinajstić information content (AvgIpc) is 2.43. The number of carbonyl (C=O) groups excluding carboxylic acids is 1. The van der Waals surface area contributed by atoms with E-state index in [0.717, 1.165) is 0 Å². The molecular formula is C13H19N3O4S. The van der Waals surface area contributed by atoms with Crippen molar-refractivity contribution in [3.8, 4) is 5.75 Å². The van der Waals surface area contributed by atoms with Crippen LogP contribution < -0.4 is 20.1 Å². The van der Waals surface area contributed by atoms with Crippen LogP contribution in [-0.4, -0.2) is 40.1 Å². The van der Waals surface area contributed by atoms with Gasteiger partial charge in [0, 0.05) is 20.0 Å². The highest BCUT2D eigenvalue weighted by molar-refractivity contribution is 7.89. The van der Waals surface area contributed by atoms with E-state index in [2.05, 4.69) is 4.72 Å². The summed E-state index contributed by atoms with van der Waals surface area (Å²) in [7, 11) is -3.64. The first kappa shape index (κ1) is 15.7. The lowest BCUT2D eigenvalue weighted by atomic mass is 10.2. The van der Waals surface area contributed by atoms with E-state index in [-0.39, 0.29) is 30.0 Å². The molecule has 1 aliphatic rings. The monoisotopic (exact) mass is 313 g/mol. The second kappa shape index (κ2) is 6.00. The number of sulfonamides is 1. The quantitative estimate of drug-likeness (QED) is 0.818. The van der Waals surface area contributed by atoms with Crippen molar-refractivity contribution >= 4 is 21.6 Å². The predicted molar refractivity (Wildman–Crippen MR) is 78.8 cm³/mol. The molecule has 7 nitrogen and oxygen atoms in total. The van der Waals surface area contributed by atoms with E-state index in [1.807, 2.05) is 6.92 Å². The molecule has 3 N–H and O–H groups in total. The number of nitrogens with zero attached hydrogens (tertiary/aromatic N) is 1. The van der Waals surface area contributed by atoms with Gasteiger partial charge in [0.2, 0.25) is 15.9 Å². The van der Waals surface area contributed by atoms with E-state index in [1.54, 1.807) is 6.07 Å². The van der Waals surface area contributed by atoms with Gasteiger partial charge in [0.25, 0.3) is 0 Å². The van der Waals surface area contributed by atoms with Gasteiger partial charge in [0.05, 0.1) is 17.1 Å². The Balaban J connectivity index is 2.42. The van der Waals surface area contributed by atoms with Crippen molar-refractivity contribution in [2.45, 2.75) is 24.8 Å². The average molecular weight is 313 g/mol. The fourth-order valence-corrected chi connectivity index (χ4v) is 3.23. The normalized spacial score (nSPS) is 18.0. The van der Waals surface area contributed by atoms with Crippen molar-refractivity contribution < 1.29 is 17.9 Å². The van der Waals surface area contributed by atoms with Gasteiger partial charge in [-0.25, -0.2) is 13.1 Å². The Morgan fingerprint density at radius 1 is 1.52 bits per heavy atom. The van der Waals surface area contributed by atoms with E-state index in [1.165, 1.54) is 24.0 Å². The van der Waals surface area contributed by atoms with Crippen molar-refractivity contribution in [3.63, 3.8) is 0 Å². The van der Waals surface area contributed by atoms with Gasteiger partial charge in [-0.1, -0.05) is 0 Å². The molecule has 1 atom stereocenters. The summed E-state index contributed by atoms with van der Waals surface area (Å²) >= 11 is 0. The number of hydrogen-bond donors (Lipinski definition) is 2. The second-order valence-electron chi connectivity index (χ2n) is 4.87. The second-order valence-corrected chi connectivity index (χ2v) is 6.64. The summed E-state index contributed by atoms with van der Waals surface area (Å²) in [5.74, 6) is 0.345. The highest BCUT2D eigenvalue weighted by Gasteiger charge is 2.27. The van der Waals surface area contributed by atoms with E-state index in [0.29, 0.717) is 18.0 Å². The van der Waals surface area contributed by atoms with Crippen LogP contribution in [0.15, 0.2) is 23.1 Å². The summed E-state index contributed by atoms with van der Waals surface area (Å²) in [6.07, 6.45) is -0.140. The van der Waals surface area contributed by atoms with E-state index < -0.39 is 10.0 Å². The topological polar surface area (TPSA) is 102 Å². The number of anilines is 1. The molecule has 0 aliphatic carbocycles. The van der Waals surface area contributed by atoms with Crippen LogP contribution in [0.3, 0.4) is 0 Å². The zero-order valence-corrected chi connectivity index (χ0v) is 12.8. The number of benzene rings is 1. The lowest BCUT2D eigenvalue weighted by Gasteiger charge is -2.33. The first-order chi connectivity index (χ1) is 9.85. The molecule has 1 aromatic rings. The molecule has 0 bridgehead atoms. The van der Waals surface area contributed by atoms with Crippen molar-refractivity contribution in [1.29, 1.82) is 0 Å². The van der Waals surface area contributed by atoms with Crippen LogP contribution in [0.2, 0.25) is 0 Å². The Hall–Kier alpha value is -1.64. The Morgan fingerprint density at radius 3 is 2.86 bits per heavy atom. The molecule has 0 saturated carbocycles. The number of carbonyl (C=O) groups is 1. The summed E-state index contributed by atoms with van der Waals surface area (Å²) in [6, 6.07) is 4.47. The molecular weight excluding hydrogens is 294 g/mol. The SMILES string of the molecule is CC(=O)N1CC(C)Oc2ccc(S(=O)(=O)NCCN)cc21. The summed E-state index contributed by atoms with van der Waals surface area (Å²) in [4.78, 5) is 13.3. The Kier molecular flexibility index (Phi) is 4.50. The van der Waals surface area contributed by atoms with Crippen LogP contribution in [-0.2, 0) is 14.8 Å². The van der Waals surface area contributed by atoms with Crippen molar-refractivity contribution in [2.75, 3.05) is 24.5 Å².